The Morgan fingerprint density at radius 3 is 1.53 bits per heavy atom. The summed E-state index contributed by atoms with van der Waals surface area (Å²) in [5.41, 5.74) is 1.15. The lowest BCUT2D eigenvalue weighted by atomic mass is 10.0. The van der Waals surface area contributed by atoms with Crippen LogP contribution in [0.5, 0.6) is 0 Å². The van der Waals surface area contributed by atoms with Crippen molar-refractivity contribution in [3.8, 4) is 0 Å². The topological polar surface area (TPSA) is 12.0 Å². The Morgan fingerprint density at radius 2 is 1.12 bits per heavy atom. The van der Waals surface area contributed by atoms with Crippen LogP contribution >= 0.6 is 0 Å². The lowest BCUT2D eigenvalue weighted by molar-refractivity contribution is -0.137. The summed E-state index contributed by atoms with van der Waals surface area (Å²) in [5, 5.41) is 3.37. The van der Waals surface area contributed by atoms with E-state index in [-0.39, 0.29) is 5.82 Å². The Bertz CT molecular complexity index is 628. The lowest BCUT2D eigenvalue weighted by Crippen LogP contribution is -2.15. The third-order valence-corrected chi connectivity index (χ3v) is 4.28. The highest BCUT2D eigenvalue weighted by atomic mass is 19.4. The van der Waals surface area contributed by atoms with Crippen LogP contribution in [0.1, 0.15) is 83.9 Å². The number of rotatable bonds is 9. The molecular weight excluding hydrogens is 414 g/mol. The first-order valence-corrected chi connectivity index (χ1v) is 12.0. The van der Waals surface area contributed by atoms with Crippen LogP contribution in [0.25, 0.3) is 0 Å². The molecule has 0 spiro atoms. The average molecular weight is 458 g/mol. The Kier molecular flexibility index (Phi) is 21.2. The van der Waals surface area contributed by atoms with E-state index in [1.807, 2.05) is 27.7 Å². The number of aryl methyl sites for hydroxylation is 2. The summed E-state index contributed by atoms with van der Waals surface area (Å²) in [7, 11) is 0. The lowest BCUT2D eigenvalue weighted by Gasteiger charge is -2.07. The minimum Gasteiger partial charge on any atom is -0.317 e. The third kappa shape index (κ3) is 16.8. The summed E-state index contributed by atoms with van der Waals surface area (Å²) >= 11 is 0. The van der Waals surface area contributed by atoms with E-state index >= 15 is 0 Å². The minimum atomic E-state index is -4.30. The summed E-state index contributed by atoms with van der Waals surface area (Å²) < 4.78 is 49.8. The van der Waals surface area contributed by atoms with E-state index in [4.69, 9.17) is 0 Å². The van der Waals surface area contributed by atoms with Gasteiger partial charge in [0.2, 0.25) is 0 Å². The first-order valence-electron chi connectivity index (χ1n) is 12.0. The number of unbranched alkanes of at least 4 members (excludes halogenated alkanes) is 2. The Labute approximate surface area is 193 Å². The molecule has 0 aliphatic carbocycles. The van der Waals surface area contributed by atoms with Gasteiger partial charge >= 0.3 is 6.18 Å². The third-order valence-electron chi connectivity index (χ3n) is 4.28. The average Bonchev–Trinajstić information content (AvgIpc) is 2.81. The molecule has 1 N–H and O–H groups in total. The van der Waals surface area contributed by atoms with Crippen LogP contribution in [-0.4, -0.2) is 13.1 Å². The van der Waals surface area contributed by atoms with Gasteiger partial charge in [-0.25, -0.2) is 4.39 Å². The molecule has 0 aliphatic heterocycles. The van der Waals surface area contributed by atoms with Crippen molar-refractivity contribution in [1.29, 1.82) is 0 Å². The van der Waals surface area contributed by atoms with E-state index in [9.17, 15) is 17.6 Å². The molecule has 2 aromatic rings. The monoisotopic (exact) mass is 457 g/mol. The van der Waals surface area contributed by atoms with Gasteiger partial charge in [0.05, 0.1) is 5.56 Å². The number of halogens is 4. The van der Waals surface area contributed by atoms with Crippen molar-refractivity contribution in [3.05, 3.63) is 71.0 Å². The maximum absolute atomic E-state index is 12.7. The van der Waals surface area contributed by atoms with Crippen LogP contribution in [0.15, 0.2) is 48.5 Å². The number of hydrogen-bond donors (Lipinski definition) is 1. The zero-order valence-corrected chi connectivity index (χ0v) is 20.8. The summed E-state index contributed by atoms with van der Waals surface area (Å²) in [5.74, 6) is -0.293. The summed E-state index contributed by atoms with van der Waals surface area (Å²) in [6.07, 6.45) is 2.30. The standard InChI is InChI=1S/C15H12F4.C8H19N.2C2H6/c16-14-9-5-12(6-10-14)2-1-11-3-7-13(8-4-11)15(17,18)19;1-3-5-6-8-9-7-4-2;2*1-2/h3-10H,1-2H2;9H,3-8H2,1-2H3;2*1-2H3. The van der Waals surface area contributed by atoms with Gasteiger partial charge in [0.25, 0.3) is 0 Å². The maximum atomic E-state index is 12.7. The summed E-state index contributed by atoms with van der Waals surface area (Å²) in [4.78, 5) is 0. The molecule has 0 aliphatic rings. The van der Waals surface area contributed by atoms with E-state index in [1.54, 1.807) is 12.1 Å². The zero-order valence-electron chi connectivity index (χ0n) is 20.8. The van der Waals surface area contributed by atoms with Crippen molar-refractivity contribution in [1.82, 2.24) is 5.32 Å². The molecule has 32 heavy (non-hydrogen) atoms. The molecule has 0 saturated carbocycles. The first-order chi connectivity index (χ1) is 15.4. The smallest absolute Gasteiger partial charge is 0.317 e. The highest BCUT2D eigenvalue weighted by molar-refractivity contribution is 5.26. The van der Waals surface area contributed by atoms with Crippen molar-refractivity contribution < 1.29 is 17.6 Å². The highest BCUT2D eigenvalue weighted by Crippen LogP contribution is 2.29. The SMILES string of the molecule is CC.CC.CCCCCNCCC.Fc1ccc(CCc2ccc(C(F)(F)F)cc2)cc1. The molecule has 0 heterocycles. The van der Waals surface area contributed by atoms with E-state index in [1.165, 1.54) is 63.0 Å². The van der Waals surface area contributed by atoms with Gasteiger partial charge < -0.3 is 5.32 Å². The molecule has 0 amide bonds. The molecule has 0 saturated heterocycles. The largest absolute Gasteiger partial charge is 0.416 e. The summed E-state index contributed by atoms with van der Waals surface area (Å²) in [6, 6.07) is 11.2. The van der Waals surface area contributed by atoms with Crippen molar-refractivity contribution in [3.63, 3.8) is 0 Å². The van der Waals surface area contributed by atoms with Gasteiger partial charge in [-0.2, -0.15) is 13.2 Å². The van der Waals surface area contributed by atoms with Crippen molar-refractivity contribution in [2.75, 3.05) is 13.1 Å². The van der Waals surface area contributed by atoms with Gasteiger partial charge in [0, 0.05) is 0 Å². The molecule has 2 aromatic carbocycles. The van der Waals surface area contributed by atoms with Gasteiger partial charge in [-0.15, -0.1) is 0 Å². The van der Waals surface area contributed by atoms with Gasteiger partial charge in [-0.3, -0.25) is 0 Å². The molecule has 0 aromatic heterocycles. The number of nitrogens with one attached hydrogen (secondary N) is 1. The van der Waals surface area contributed by atoms with Crippen molar-refractivity contribution in [2.45, 2.75) is 86.2 Å². The van der Waals surface area contributed by atoms with Gasteiger partial charge in [-0.05, 0) is 74.2 Å². The second-order valence-corrected chi connectivity index (χ2v) is 6.78. The van der Waals surface area contributed by atoms with E-state index in [0.29, 0.717) is 12.8 Å². The van der Waals surface area contributed by atoms with E-state index in [2.05, 4.69) is 19.2 Å². The molecule has 2 rings (SSSR count). The number of hydrogen-bond acceptors (Lipinski definition) is 1. The van der Waals surface area contributed by atoms with E-state index < -0.39 is 11.7 Å². The van der Waals surface area contributed by atoms with Crippen molar-refractivity contribution >= 4 is 0 Å². The fourth-order valence-corrected chi connectivity index (χ4v) is 2.60. The predicted molar refractivity (Wildman–Crippen MR) is 131 cm³/mol. The molecular formula is C27H43F4N. The molecule has 1 nitrogen and oxygen atoms in total. The Balaban J connectivity index is 0. The molecule has 0 bridgehead atoms. The second-order valence-electron chi connectivity index (χ2n) is 6.78. The van der Waals surface area contributed by atoms with Crippen LogP contribution in [0, 0.1) is 5.82 Å². The molecule has 0 radical (unpaired) electrons. The normalized spacial score (nSPS) is 10.1. The van der Waals surface area contributed by atoms with E-state index in [0.717, 1.165) is 23.3 Å². The van der Waals surface area contributed by atoms with Crippen molar-refractivity contribution in [2.24, 2.45) is 0 Å². The van der Waals surface area contributed by atoms with Crippen LogP contribution in [0.4, 0.5) is 17.6 Å². The molecule has 0 atom stereocenters. The Morgan fingerprint density at radius 1 is 0.656 bits per heavy atom. The molecule has 0 fully saturated rings. The van der Waals surface area contributed by atoms with Crippen LogP contribution in [0.3, 0.4) is 0 Å². The maximum Gasteiger partial charge on any atom is 0.416 e. The quantitative estimate of drug-likeness (QED) is 0.293. The van der Waals surface area contributed by atoms with Crippen LogP contribution in [0.2, 0.25) is 0 Å². The van der Waals surface area contributed by atoms with Gasteiger partial charge in [0.1, 0.15) is 5.82 Å². The molecule has 184 valence electrons. The highest BCUT2D eigenvalue weighted by Gasteiger charge is 2.29. The zero-order chi connectivity index (χ0) is 24.8. The number of alkyl halides is 3. The molecule has 5 heteroatoms. The first kappa shape index (κ1) is 32.3. The summed E-state index contributed by atoms with van der Waals surface area (Å²) in [6.45, 7) is 14.8. The fraction of sp³-hybridized carbons (Fsp3) is 0.556. The molecule has 0 unspecified atom stereocenters. The van der Waals surface area contributed by atoms with Gasteiger partial charge in [0.15, 0.2) is 0 Å². The minimum absolute atomic E-state index is 0.293. The van der Waals surface area contributed by atoms with Crippen LogP contribution < -0.4 is 5.32 Å². The van der Waals surface area contributed by atoms with Gasteiger partial charge in [-0.1, -0.05) is 78.6 Å². The second kappa shape index (κ2) is 21.0. The van der Waals surface area contributed by atoms with Crippen LogP contribution in [-0.2, 0) is 19.0 Å². The Hall–Kier alpha value is -1.88. The number of benzene rings is 2. The predicted octanol–water partition coefficient (Wildman–Crippen LogP) is 8.86. The fourth-order valence-electron chi connectivity index (χ4n) is 2.60.